The van der Waals surface area contributed by atoms with Gasteiger partial charge < -0.3 is 4.98 Å². The number of pyridine rings is 1. The van der Waals surface area contributed by atoms with Crippen molar-refractivity contribution in [1.29, 1.82) is 0 Å². The highest BCUT2D eigenvalue weighted by molar-refractivity contribution is 6.02. The van der Waals surface area contributed by atoms with Gasteiger partial charge >= 0.3 is 1.43 Å². The molecule has 0 aliphatic rings. The Balaban J connectivity index is 0.000000750. The molecule has 1 N–H and O–H groups in total. The monoisotopic (exact) mass is 241 g/mol. The van der Waals surface area contributed by atoms with E-state index in [9.17, 15) is 0 Å². The molecular formula is C11H11Cl2N2+. The third-order valence-corrected chi connectivity index (χ3v) is 2.30. The summed E-state index contributed by atoms with van der Waals surface area (Å²) in [5.74, 6) is 0. The standard InChI is InChI=1S/C11H8N2.2ClH/c1-2-4-10-9(3-1)11-8(7-13-10)5-6-12-11;;/h1-7,12H;2*1H/p+1. The van der Waals surface area contributed by atoms with Gasteiger partial charge in [0.15, 0.2) is 0 Å². The second-order valence-electron chi connectivity index (χ2n) is 3.08. The molecule has 2 nitrogen and oxygen atoms in total. The summed E-state index contributed by atoms with van der Waals surface area (Å²) in [4.78, 5) is 7.58. The number of halogens is 2. The van der Waals surface area contributed by atoms with Crippen molar-refractivity contribution in [2.24, 2.45) is 0 Å². The third-order valence-electron chi connectivity index (χ3n) is 2.30. The molecule has 0 spiro atoms. The Morgan fingerprint density at radius 2 is 1.87 bits per heavy atom. The molecule has 0 aliphatic carbocycles. The zero-order chi connectivity index (χ0) is 8.67. The van der Waals surface area contributed by atoms with E-state index in [1.807, 2.05) is 36.7 Å². The van der Waals surface area contributed by atoms with Crippen LogP contribution in [0, 0.1) is 0 Å². The van der Waals surface area contributed by atoms with E-state index in [0.717, 1.165) is 5.52 Å². The quantitative estimate of drug-likeness (QED) is 0.640. The molecule has 0 aliphatic heterocycles. The van der Waals surface area contributed by atoms with Crippen molar-refractivity contribution >= 4 is 46.6 Å². The topological polar surface area (TPSA) is 28.7 Å². The lowest BCUT2D eigenvalue weighted by Gasteiger charge is -1.96. The highest BCUT2D eigenvalue weighted by atomic mass is 35.5. The van der Waals surface area contributed by atoms with E-state index >= 15 is 0 Å². The van der Waals surface area contributed by atoms with Gasteiger partial charge in [-0.25, -0.2) is 0 Å². The maximum absolute atomic E-state index is 4.36. The van der Waals surface area contributed by atoms with E-state index in [1.165, 1.54) is 16.3 Å². The van der Waals surface area contributed by atoms with Crippen molar-refractivity contribution in [2.75, 3.05) is 0 Å². The molecule has 15 heavy (non-hydrogen) atoms. The van der Waals surface area contributed by atoms with E-state index in [-0.39, 0.29) is 26.2 Å². The number of nitrogens with zero attached hydrogens (tertiary/aromatic N) is 1. The maximum atomic E-state index is 4.36. The number of aromatic amines is 1. The highest BCUT2D eigenvalue weighted by Gasteiger charge is 1.99. The summed E-state index contributed by atoms with van der Waals surface area (Å²) < 4.78 is 0. The number of benzene rings is 1. The van der Waals surface area contributed by atoms with Gasteiger partial charge in [-0.05, 0) is 12.1 Å². The van der Waals surface area contributed by atoms with Crippen LogP contribution in [-0.2, 0) is 0 Å². The van der Waals surface area contributed by atoms with Crippen molar-refractivity contribution in [3.63, 3.8) is 0 Å². The predicted octanol–water partition coefficient (Wildman–Crippen LogP) is 3.67. The van der Waals surface area contributed by atoms with Crippen molar-refractivity contribution in [3.05, 3.63) is 42.7 Å². The molecule has 3 rings (SSSR count). The molecule has 0 unspecified atom stereocenters. The molecule has 0 radical (unpaired) electrons. The van der Waals surface area contributed by atoms with Crippen LogP contribution in [0.25, 0.3) is 21.8 Å². The summed E-state index contributed by atoms with van der Waals surface area (Å²) in [7, 11) is 0. The number of para-hydroxylation sites is 1. The van der Waals surface area contributed by atoms with Crippen LogP contribution >= 0.6 is 24.8 Å². The van der Waals surface area contributed by atoms with Gasteiger partial charge in [-0.3, -0.25) is 4.98 Å². The summed E-state index contributed by atoms with van der Waals surface area (Å²) in [6, 6.07) is 10.2. The number of hydrogen-bond donors (Lipinski definition) is 1. The van der Waals surface area contributed by atoms with Crippen LogP contribution in [-0.4, -0.2) is 9.97 Å². The summed E-state index contributed by atoms with van der Waals surface area (Å²) >= 11 is 0. The second kappa shape index (κ2) is 4.51. The largest absolute Gasteiger partial charge is 1.00 e. The normalized spacial score (nSPS) is 9.60. The van der Waals surface area contributed by atoms with Crippen LogP contribution in [0.5, 0.6) is 0 Å². The van der Waals surface area contributed by atoms with Gasteiger partial charge in [0, 0.05) is 23.2 Å². The number of fused-ring (bicyclic) bond motifs is 3. The number of rotatable bonds is 0. The van der Waals surface area contributed by atoms with Gasteiger partial charge in [-0.15, -0.1) is 24.8 Å². The Hall–Kier alpha value is -1.25. The van der Waals surface area contributed by atoms with Gasteiger partial charge in [0.25, 0.3) is 0 Å². The molecule has 2 aromatic heterocycles. The maximum Gasteiger partial charge on any atom is 1.00 e. The lowest BCUT2D eigenvalue weighted by molar-refractivity contribution is 1.43. The van der Waals surface area contributed by atoms with Crippen molar-refractivity contribution < 1.29 is 1.43 Å². The van der Waals surface area contributed by atoms with Gasteiger partial charge in [-0.2, -0.15) is 0 Å². The Bertz CT molecular complexity index is 580. The molecule has 0 fully saturated rings. The summed E-state index contributed by atoms with van der Waals surface area (Å²) in [5, 5.41) is 2.35. The van der Waals surface area contributed by atoms with E-state index in [2.05, 4.69) is 16.0 Å². The second-order valence-corrected chi connectivity index (χ2v) is 3.08. The Kier molecular flexibility index (Phi) is 3.56. The molecule has 4 heteroatoms. The van der Waals surface area contributed by atoms with Crippen LogP contribution in [0.2, 0.25) is 0 Å². The van der Waals surface area contributed by atoms with Crippen LogP contribution < -0.4 is 0 Å². The average Bonchev–Trinajstić information content (AvgIpc) is 2.65. The van der Waals surface area contributed by atoms with Gasteiger partial charge in [0.2, 0.25) is 0 Å². The molecule has 0 atom stereocenters. The molecule has 0 amide bonds. The van der Waals surface area contributed by atoms with E-state index < -0.39 is 0 Å². The lowest BCUT2D eigenvalue weighted by Crippen LogP contribution is -1.78. The van der Waals surface area contributed by atoms with Crippen LogP contribution in [0.1, 0.15) is 1.43 Å². The molecule has 3 aromatic rings. The summed E-state index contributed by atoms with van der Waals surface area (Å²) in [6.07, 6.45) is 3.84. The Morgan fingerprint density at radius 1 is 1.07 bits per heavy atom. The molecule has 0 saturated carbocycles. The molecule has 2 heterocycles. The third kappa shape index (κ3) is 1.78. The fourth-order valence-corrected chi connectivity index (χ4v) is 1.66. The van der Waals surface area contributed by atoms with E-state index in [1.54, 1.807) is 0 Å². The minimum absolute atomic E-state index is 0. The Labute approximate surface area is 101 Å². The van der Waals surface area contributed by atoms with Crippen molar-refractivity contribution in [3.8, 4) is 0 Å². The fraction of sp³-hybridized carbons (Fsp3) is 0. The van der Waals surface area contributed by atoms with E-state index in [4.69, 9.17) is 0 Å². The van der Waals surface area contributed by atoms with Gasteiger partial charge in [0.1, 0.15) is 0 Å². The number of aromatic nitrogens is 2. The van der Waals surface area contributed by atoms with Gasteiger partial charge in [-0.1, -0.05) is 18.2 Å². The SMILES string of the molecule is Cl.Cl.[H+].c1ccc2c(c1)ncc1cc[nH]c12. The average molecular weight is 242 g/mol. The zero-order valence-electron chi connectivity index (χ0n) is 8.81. The molecule has 78 valence electrons. The lowest BCUT2D eigenvalue weighted by atomic mass is 10.2. The number of hydrogen-bond acceptors (Lipinski definition) is 1. The van der Waals surface area contributed by atoms with Crippen LogP contribution in [0.15, 0.2) is 42.7 Å². The molecular weight excluding hydrogens is 231 g/mol. The smallest absolute Gasteiger partial charge is 0.361 e. The fourth-order valence-electron chi connectivity index (χ4n) is 1.66. The summed E-state index contributed by atoms with van der Waals surface area (Å²) in [6.45, 7) is 0. The first-order valence-corrected chi connectivity index (χ1v) is 4.26. The first kappa shape index (κ1) is 11.8. The summed E-state index contributed by atoms with van der Waals surface area (Å²) in [5.41, 5.74) is 2.21. The zero-order valence-corrected chi connectivity index (χ0v) is 9.44. The highest BCUT2D eigenvalue weighted by Crippen LogP contribution is 2.20. The van der Waals surface area contributed by atoms with Crippen LogP contribution in [0.3, 0.4) is 0 Å². The molecule has 1 aromatic carbocycles. The van der Waals surface area contributed by atoms with E-state index in [0.29, 0.717) is 0 Å². The van der Waals surface area contributed by atoms with Crippen molar-refractivity contribution in [2.45, 2.75) is 0 Å². The molecule has 0 saturated heterocycles. The van der Waals surface area contributed by atoms with Crippen LogP contribution in [0.4, 0.5) is 0 Å². The minimum Gasteiger partial charge on any atom is -0.361 e. The first-order chi connectivity index (χ1) is 6.45. The minimum atomic E-state index is 0. The molecule has 0 bridgehead atoms. The Morgan fingerprint density at radius 3 is 2.73 bits per heavy atom. The first-order valence-electron chi connectivity index (χ1n) is 4.26. The predicted molar refractivity (Wildman–Crippen MR) is 69.2 cm³/mol. The number of nitrogens with one attached hydrogen (secondary N) is 1. The number of H-pyrrole nitrogens is 1. The van der Waals surface area contributed by atoms with Gasteiger partial charge in [0.05, 0.1) is 11.0 Å². The van der Waals surface area contributed by atoms with Crippen molar-refractivity contribution in [1.82, 2.24) is 9.97 Å².